The van der Waals surface area contributed by atoms with Gasteiger partial charge in [0.15, 0.2) is 5.96 Å². The predicted molar refractivity (Wildman–Crippen MR) is 106 cm³/mol. The van der Waals surface area contributed by atoms with Crippen LogP contribution in [0.2, 0.25) is 0 Å². The van der Waals surface area contributed by atoms with Crippen LogP contribution >= 0.6 is 35.7 Å². The van der Waals surface area contributed by atoms with Gasteiger partial charge in [-0.05, 0) is 43.2 Å². The molecule has 0 saturated heterocycles. The second-order valence-electron chi connectivity index (χ2n) is 5.52. The van der Waals surface area contributed by atoms with Crippen molar-refractivity contribution < 1.29 is 9.50 Å². The second-order valence-corrected chi connectivity index (χ2v) is 6.66. The molecule has 3 N–H and O–H groups in total. The fourth-order valence-electron chi connectivity index (χ4n) is 2.72. The van der Waals surface area contributed by atoms with E-state index >= 15 is 0 Å². The van der Waals surface area contributed by atoms with E-state index in [2.05, 4.69) is 21.9 Å². The van der Waals surface area contributed by atoms with Crippen LogP contribution in [0.15, 0.2) is 23.2 Å². The third-order valence-electron chi connectivity index (χ3n) is 4.02. The highest BCUT2D eigenvalue weighted by Crippen LogP contribution is 2.28. The van der Waals surface area contributed by atoms with Crippen molar-refractivity contribution in [3.8, 4) is 0 Å². The molecule has 0 aromatic heterocycles. The topological polar surface area (TPSA) is 56.7 Å². The van der Waals surface area contributed by atoms with Crippen molar-refractivity contribution in [3.05, 3.63) is 35.1 Å². The van der Waals surface area contributed by atoms with Crippen LogP contribution in [0.25, 0.3) is 0 Å². The van der Waals surface area contributed by atoms with Crippen LogP contribution in [0.1, 0.15) is 30.4 Å². The number of thioether (sulfide) groups is 1. The molecular formula is C16H25FIN3OS. The Morgan fingerprint density at radius 2 is 2.22 bits per heavy atom. The van der Waals surface area contributed by atoms with Gasteiger partial charge in [-0.1, -0.05) is 6.07 Å². The van der Waals surface area contributed by atoms with E-state index in [-0.39, 0.29) is 36.4 Å². The standard InChI is InChI=1S/C16H24FN3OS.HI/c1-18-16(20-13-4-5-14(8-13)22-2)19-9-11-3-6-15(17)12(7-11)10-21;/h3,6-7,13-14,21H,4-5,8-10H2,1-2H3,(H2,18,19,20);1H. The molecule has 2 atom stereocenters. The van der Waals surface area contributed by atoms with Gasteiger partial charge in [-0.25, -0.2) is 4.39 Å². The number of guanidine groups is 1. The molecule has 0 radical (unpaired) electrons. The molecule has 1 aromatic rings. The summed E-state index contributed by atoms with van der Waals surface area (Å²) in [5.41, 5.74) is 1.24. The molecule has 0 aliphatic heterocycles. The summed E-state index contributed by atoms with van der Waals surface area (Å²) in [4.78, 5) is 4.24. The van der Waals surface area contributed by atoms with E-state index in [1.165, 1.54) is 12.5 Å². The zero-order valence-corrected chi connectivity index (χ0v) is 16.7. The van der Waals surface area contributed by atoms with Gasteiger partial charge in [0.1, 0.15) is 5.82 Å². The Hall–Kier alpha value is -0.540. The minimum atomic E-state index is -0.372. The third-order valence-corrected chi connectivity index (χ3v) is 5.12. The molecule has 0 bridgehead atoms. The van der Waals surface area contributed by atoms with E-state index in [1.54, 1.807) is 19.2 Å². The van der Waals surface area contributed by atoms with Gasteiger partial charge in [0.05, 0.1) is 6.61 Å². The second kappa shape index (κ2) is 10.4. The number of nitrogens with one attached hydrogen (secondary N) is 2. The third kappa shape index (κ3) is 6.11. The number of aliphatic hydroxyl groups excluding tert-OH is 1. The van der Waals surface area contributed by atoms with Gasteiger partial charge >= 0.3 is 0 Å². The summed E-state index contributed by atoms with van der Waals surface area (Å²) in [5.74, 6) is 0.393. The maximum Gasteiger partial charge on any atom is 0.191 e. The molecule has 1 fully saturated rings. The fourth-order valence-corrected chi connectivity index (χ4v) is 3.51. The van der Waals surface area contributed by atoms with Crippen LogP contribution in [-0.2, 0) is 13.2 Å². The van der Waals surface area contributed by atoms with Gasteiger partial charge in [-0.2, -0.15) is 11.8 Å². The number of aliphatic imine (C=N–C) groups is 1. The molecule has 23 heavy (non-hydrogen) atoms. The summed E-state index contributed by atoms with van der Waals surface area (Å²) in [6.07, 6.45) is 5.73. The van der Waals surface area contributed by atoms with Crippen molar-refractivity contribution in [2.75, 3.05) is 13.3 Å². The first-order valence-corrected chi connectivity index (χ1v) is 8.83. The van der Waals surface area contributed by atoms with Crippen molar-refractivity contribution >= 4 is 41.7 Å². The maximum absolute atomic E-state index is 13.4. The first kappa shape index (κ1) is 20.5. The summed E-state index contributed by atoms with van der Waals surface area (Å²) in [6, 6.07) is 5.24. The molecule has 0 amide bonds. The first-order valence-electron chi connectivity index (χ1n) is 7.54. The molecule has 0 heterocycles. The molecule has 7 heteroatoms. The monoisotopic (exact) mass is 453 g/mol. The van der Waals surface area contributed by atoms with E-state index in [4.69, 9.17) is 5.11 Å². The summed E-state index contributed by atoms with van der Waals surface area (Å²) in [6.45, 7) is 0.260. The highest BCUT2D eigenvalue weighted by molar-refractivity contribution is 14.0. The van der Waals surface area contributed by atoms with Gasteiger partial charge < -0.3 is 15.7 Å². The Kier molecular flexibility index (Phi) is 9.23. The van der Waals surface area contributed by atoms with Gasteiger partial charge in [0.2, 0.25) is 0 Å². The largest absolute Gasteiger partial charge is 0.392 e. The Balaban J connectivity index is 0.00000264. The average molecular weight is 453 g/mol. The van der Waals surface area contributed by atoms with Gasteiger partial charge in [-0.3, -0.25) is 4.99 Å². The molecule has 1 aromatic carbocycles. The lowest BCUT2D eigenvalue weighted by atomic mass is 10.1. The molecule has 2 rings (SSSR count). The van der Waals surface area contributed by atoms with Gasteiger partial charge in [0.25, 0.3) is 0 Å². The summed E-state index contributed by atoms with van der Waals surface area (Å²) < 4.78 is 13.4. The molecule has 2 unspecified atom stereocenters. The van der Waals surface area contributed by atoms with Crippen LogP contribution in [-0.4, -0.2) is 35.7 Å². The van der Waals surface area contributed by atoms with E-state index in [0.29, 0.717) is 18.2 Å². The predicted octanol–water partition coefficient (Wildman–Crippen LogP) is 2.89. The summed E-state index contributed by atoms with van der Waals surface area (Å²) in [5, 5.41) is 16.5. The zero-order valence-electron chi connectivity index (χ0n) is 13.5. The highest BCUT2D eigenvalue weighted by Gasteiger charge is 2.24. The molecule has 4 nitrogen and oxygen atoms in total. The molecule has 1 saturated carbocycles. The Bertz CT molecular complexity index is 530. The van der Waals surface area contributed by atoms with Crippen LogP contribution in [0.4, 0.5) is 4.39 Å². The van der Waals surface area contributed by atoms with Gasteiger partial charge in [-0.15, -0.1) is 24.0 Å². The Morgan fingerprint density at radius 3 is 2.83 bits per heavy atom. The van der Waals surface area contributed by atoms with Crippen molar-refractivity contribution in [3.63, 3.8) is 0 Å². The fraction of sp³-hybridized carbons (Fsp3) is 0.562. The number of benzene rings is 1. The first-order chi connectivity index (χ1) is 10.7. The van der Waals surface area contributed by atoms with Crippen LogP contribution in [0, 0.1) is 5.82 Å². The minimum Gasteiger partial charge on any atom is -0.392 e. The van der Waals surface area contributed by atoms with Crippen molar-refractivity contribution in [2.45, 2.75) is 43.7 Å². The molecule has 130 valence electrons. The number of hydrogen-bond donors (Lipinski definition) is 3. The number of rotatable bonds is 5. The van der Waals surface area contributed by atoms with E-state index < -0.39 is 0 Å². The lowest BCUT2D eigenvalue weighted by Crippen LogP contribution is -2.42. The Morgan fingerprint density at radius 1 is 1.43 bits per heavy atom. The van der Waals surface area contributed by atoms with E-state index in [0.717, 1.165) is 29.6 Å². The SMILES string of the molecule is CN=C(NCc1ccc(F)c(CO)c1)NC1CCC(SC)C1.I. The maximum atomic E-state index is 13.4. The number of aliphatic hydroxyl groups is 1. The molecule has 1 aliphatic carbocycles. The average Bonchev–Trinajstić information content (AvgIpc) is 3.00. The van der Waals surface area contributed by atoms with Crippen molar-refractivity contribution in [2.24, 2.45) is 4.99 Å². The molecule has 0 spiro atoms. The minimum absolute atomic E-state index is 0. The normalized spacial score (nSPS) is 21.0. The highest BCUT2D eigenvalue weighted by atomic mass is 127. The smallest absolute Gasteiger partial charge is 0.191 e. The van der Waals surface area contributed by atoms with E-state index in [1.807, 2.05) is 11.8 Å². The van der Waals surface area contributed by atoms with Crippen LogP contribution in [0.5, 0.6) is 0 Å². The molecule has 1 aliphatic rings. The summed E-state index contributed by atoms with van der Waals surface area (Å²) >= 11 is 1.93. The van der Waals surface area contributed by atoms with Gasteiger partial charge in [0, 0.05) is 30.4 Å². The summed E-state index contributed by atoms with van der Waals surface area (Å²) in [7, 11) is 1.75. The molecular weight excluding hydrogens is 428 g/mol. The van der Waals surface area contributed by atoms with Crippen LogP contribution in [0.3, 0.4) is 0 Å². The van der Waals surface area contributed by atoms with Crippen molar-refractivity contribution in [1.29, 1.82) is 0 Å². The quantitative estimate of drug-likeness (QED) is 0.365. The number of nitrogens with zero attached hydrogens (tertiary/aromatic N) is 1. The number of hydrogen-bond acceptors (Lipinski definition) is 3. The Labute approximate surface area is 158 Å². The van der Waals surface area contributed by atoms with Crippen LogP contribution < -0.4 is 10.6 Å². The van der Waals surface area contributed by atoms with E-state index in [9.17, 15) is 4.39 Å². The number of halogens is 2. The zero-order chi connectivity index (χ0) is 15.9. The lowest BCUT2D eigenvalue weighted by molar-refractivity contribution is 0.275. The lowest BCUT2D eigenvalue weighted by Gasteiger charge is -2.17. The van der Waals surface area contributed by atoms with Crippen molar-refractivity contribution in [1.82, 2.24) is 10.6 Å².